The molecule has 1 aromatic rings. The molecule has 176 valence electrons. The predicted molar refractivity (Wildman–Crippen MR) is 116 cm³/mol. The fourth-order valence-electron chi connectivity index (χ4n) is 2.80. The van der Waals surface area contributed by atoms with Crippen LogP contribution < -0.4 is 27.4 Å². The highest BCUT2D eigenvalue weighted by Gasteiger charge is 2.31. The summed E-state index contributed by atoms with van der Waals surface area (Å²) in [5, 5.41) is 16.1. The molecule has 4 atom stereocenters. The Bertz CT molecular complexity index is 829. The lowest BCUT2D eigenvalue weighted by Crippen LogP contribution is -2.58. The summed E-state index contributed by atoms with van der Waals surface area (Å²) in [5.41, 5.74) is 12.0. The fourth-order valence-corrected chi connectivity index (χ4v) is 2.80. The monoisotopic (exact) mass is 449 g/mol. The molecule has 11 heteroatoms. The number of carbonyl (C=O) groups excluding carboxylic acids is 4. The van der Waals surface area contributed by atoms with Gasteiger partial charge in [0.2, 0.25) is 23.6 Å². The number of carboxylic acids is 1. The molecule has 32 heavy (non-hydrogen) atoms. The van der Waals surface area contributed by atoms with Crippen molar-refractivity contribution in [2.45, 2.75) is 57.8 Å². The molecule has 0 aliphatic heterocycles. The van der Waals surface area contributed by atoms with Crippen LogP contribution >= 0.6 is 0 Å². The van der Waals surface area contributed by atoms with Crippen LogP contribution in [-0.4, -0.2) is 58.9 Å². The topological polar surface area (TPSA) is 194 Å². The first-order valence-electron chi connectivity index (χ1n) is 10.1. The van der Waals surface area contributed by atoms with Crippen LogP contribution in [0.5, 0.6) is 0 Å². The van der Waals surface area contributed by atoms with E-state index in [0.717, 1.165) is 5.56 Å². The van der Waals surface area contributed by atoms with Crippen molar-refractivity contribution in [3.8, 4) is 0 Å². The first-order valence-corrected chi connectivity index (χ1v) is 10.1. The van der Waals surface area contributed by atoms with E-state index in [1.807, 2.05) is 30.3 Å². The molecule has 0 bridgehead atoms. The van der Waals surface area contributed by atoms with Crippen molar-refractivity contribution in [1.82, 2.24) is 16.0 Å². The minimum atomic E-state index is -1.40. The lowest BCUT2D eigenvalue weighted by atomic mass is 10.0. The van der Waals surface area contributed by atoms with Crippen LogP contribution in [0, 0.1) is 5.92 Å². The summed E-state index contributed by atoms with van der Waals surface area (Å²) >= 11 is 0. The van der Waals surface area contributed by atoms with Gasteiger partial charge in [-0.25, -0.2) is 0 Å². The maximum Gasteiger partial charge on any atom is 0.325 e. The third-order valence-electron chi connectivity index (χ3n) is 4.65. The number of primary amides is 1. The molecule has 1 aromatic carbocycles. The van der Waals surface area contributed by atoms with Gasteiger partial charge in [-0.15, -0.1) is 0 Å². The number of hydrogen-bond donors (Lipinski definition) is 6. The second-order valence-electron chi connectivity index (χ2n) is 7.83. The lowest BCUT2D eigenvalue weighted by molar-refractivity contribution is -0.142. The Balaban J connectivity index is 2.87. The number of aliphatic carboxylic acids is 1. The smallest absolute Gasteiger partial charge is 0.325 e. The molecule has 11 nitrogen and oxygen atoms in total. The molecule has 0 heterocycles. The lowest BCUT2D eigenvalue weighted by Gasteiger charge is -2.26. The number of nitrogens with one attached hydrogen (secondary N) is 3. The van der Waals surface area contributed by atoms with Crippen LogP contribution in [-0.2, 0) is 30.4 Å². The normalized spacial score (nSPS) is 14.5. The van der Waals surface area contributed by atoms with E-state index < -0.39 is 60.2 Å². The van der Waals surface area contributed by atoms with Crippen LogP contribution in [0.25, 0.3) is 0 Å². The van der Waals surface area contributed by atoms with E-state index in [0.29, 0.717) is 0 Å². The van der Waals surface area contributed by atoms with Gasteiger partial charge in [0, 0.05) is 0 Å². The Morgan fingerprint density at radius 1 is 0.906 bits per heavy atom. The third kappa shape index (κ3) is 8.72. The zero-order chi connectivity index (χ0) is 24.4. The Morgan fingerprint density at radius 3 is 2.00 bits per heavy atom. The zero-order valence-electron chi connectivity index (χ0n) is 18.3. The second-order valence-corrected chi connectivity index (χ2v) is 7.83. The van der Waals surface area contributed by atoms with E-state index in [1.54, 1.807) is 13.8 Å². The number of carboxylic acid groups (broad SMARTS) is 1. The molecule has 8 N–H and O–H groups in total. The third-order valence-corrected chi connectivity index (χ3v) is 4.65. The summed E-state index contributed by atoms with van der Waals surface area (Å²) in [6, 6.07) is 4.51. The molecule has 0 saturated heterocycles. The summed E-state index contributed by atoms with van der Waals surface area (Å²) < 4.78 is 0. The largest absolute Gasteiger partial charge is 0.480 e. The van der Waals surface area contributed by atoms with Gasteiger partial charge in [0.1, 0.15) is 18.1 Å². The number of hydrogen-bond acceptors (Lipinski definition) is 6. The van der Waals surface area contributed by atoms with Gasteiger partial charge in [-0.3, -0.25) is 24.0 Å². The molecule has 0 aliphatic carbocycles. The van der Waals surface area contributed by atoms with Crippen molar-refractivity contribution in [2.75, 3.05) is 0 Å². The van der Waals surface area contributed by atoms with Gasteiger partial charge in [0.15, 0.2) is 0 Å². The van der Waals surface area contributed by atoms with Gasteiger partial charge in [-0.05, 0) is 24.8 Å². The van der Waals surface area contributed by atoms with Crippen LogP contribution in [0.2, 0.25) is 0 Å². The molecule has 1 rings (SSSR count). The first kappa shape index (κ1) is 26.6. The molecule has 0 aromatic heterocycles. The van der Waals surface area contributed by atoms with Gasteiger partial charge in [-0.1, -0.05) is 44.2 Å². The van der Waals surface area contributed by atoms with Crippen LogP contribution in [0.1, 0.15) is 32.8 Å². The van der Waals surface area contributed by atoms with Gasteiger partial charge < -0.3 is 32.5 Å². The SMILES string of the molecule is CC(NC(=O)C(CC(N)=O)NC(=O)C(NC(=O)C(N)Cc1ccccc1)C(C)C)C(=O)O. The Hall–Kier alpha value is -3.47. The van der Waals surface area contributed by atoms with Crippen LogP contribution in [0.3, 0.4) is 0 Å². The molecule has 0 spiro atoms. The summed E-state index contributed by atoms with van der Waals surface area (Å²) in [7, 11) is 0. The van der Waals surface area contributed by atoms with E-state index in [-0.39, 0.29) is 12.3 Å². The first-order chi connectivity index (χ1) is 14.9. The van der Waals surface area contributed by atoms with Crippen LogP contribution in [0.4, 0.5) is 0 Å². The highest BCUT2D eigenvalue weighted by molar-refractivity contribution is 5.96. The van der Waals surface area contributed by atoms with E-state index in [1.165, 1.54) is 6.92 Å². The van der Waals surface area contributed by atoms with Crippen molar-refractivity contribution in [1.29, 1.82) is 0 Å². The average molecular weight is 450 g/mol. The van der Waals surface area contributed by atoms with E-state index in [2.05, 4.69) is 16.0 Å². The van der Waals surface area contributed by atoms with Gasteiger partial charge in [0.25, 0.3) is 0 Å². The minimum Gasteiger partial charge on any atom is -0.480 e. The van der Waals surface area contributed by atoms with Crippen LogP contribution in [0.15, 0.2) is 30.3 Å². The highest BCUT2D eigenvalue weighted by Crippen LogP contribution is 2.07. The van der Waals surface area contributed by atoms with Gasteiger partial charge in [-0.2, -0.15) is 0 Å². The van der Waals surface area contributed by atoms with Gasteiger partial charge >= 0.3 is 5.97 Å². The van der Waals surface area contributed by atoms with Crippen molar-refractivity contribution in [2.24, 2.45) is 17.4 Å². The van der Waals surface area contributed by atoms with Crippen molar-refractivity contribution in [3.63, 3.8) is 0 Å². The molecule has 0 aliphatic rings. The number of amides is 4. The quantitative estimate of drug-likeness (QED) is 0.227. The van der Waals surface area contributed by atoms with E-state index >= 15 is 0 Å². The summed E-state index contributed by atoms with van der Waals surface area (Å²) in [6.45, 7) is 4.60. The van der Waals surface area contributed by atoms with Crippen molar-refractivity contribution < 1.29 is 29.1 Å². The summed E-state index contributed by atoms with van der Waals surface area (Å²) in [6.07, 6.45) is -0.283. The highest BCUT2D eigenvalue weighted by atomic mass is 16.4. The molecule has 0 saturated carbocycles. The molecular weight excluding hydrogens is 418 g/mol. The fraction of sp³-hybridized carbons (Fsp3) is 0.476. The molecule has 4 unspecified atom stereocenters. The Kier molecular flexibility index (Phi) is 10.3. The Labute approximate surface area is 186 Å². The standard InChI is InChI=1S/C21H31N5O6/c1-11(2)17(26-18(28)14(22)9-13-7-5-4-6-8-13)20(30)25-15(10-16(23)27)19(29)24-12(3)21(31)32/h4-8,11-12,14-15,17H,9-10,22H2,1-3H3,(H2,23,27)(H,24,29)(H,25,30)(H,26,28)(H,31,32). The summed E-state index contributed by atoms with van der Waals surface area (Å²) in [4.78, 5) is 60.0. The number of carbonyl (C=O) groups is 5. The molecule has 0 fully saturated rings. The summed E-state index contributed by atoms with van der Waals surface area (Å²) in [5.74, 6) is -4.71. The van der Waals surface area contributed by atoms with Gasteiger partial charge in [0.05, 0.1) is 12.5 Å². The average Bonchev–Trinajstić information content (AvgIpc) is 2.71. The number of benzene rings is 1. The molecule has 0 radical (unpaired) electrons. The Morgan fingerprint density at radius 2 is 1.50 bits per heavy atom. The zero-order valence-corrected chi connectivity index (χ0v) is 18.3. The van der Waals surface area contributed by atoms with E-state index in [9.17, 15) is 24.0 Å². The molecule has 4 amide bonds. The number of rotatable bonds is 12. The van der Waals surface area contributed by atoms with Crippen molar-refractivity contribution >= 4 is 29.6 Å². The minimum absolute atomic E-state index is 0.263. The predicted octanol–water partition coefficient (Wildman–Crippen LogP) is -1.35. The number of nitrogens with two attached hydrogens (primary N) is 2. The maximum absolute atomic E-state index is 12.8. The van der Waals surface area contributed by atoms with E-state index in [4.69, 9.17) is 16.6 Å². The second kappa shape index (κ2) is 12.4. The van der Waals surface area contributed by atoms with Crippen molar-refractivity contribution in [3.05, 3.63) is 35.9 Å². The molecular formula is C21H31N5O6. The maximum atomic E-state index is 12.8.